The van der Waals surface area contributed by atoms with Crippen LogP contribution < -0.4 is 15.5 Å². The molecule has 66 heavy (non-hydrogen) atoms. The highest BCUT2D eigenvalue weighted by atomic mass is 32.1. The third-order valence-electron chi connectivity index (χ3n) is 13.3. The Morgan fingerprint density at radius 2 is 1.59 bits per heavy atom. The van der Waals surface area contributed by atoms with Crippen molar-refractivity contribution < 1.29 is 29.4 Å². The standard InChI is InChI=1S/C49H59N9O6S2/c1-26-29(4)66-48-41(26)42(52-37(23-40(61)62)45-55-54-30(5)58(45)48)33-13-15-35(16-14-33)56-19-17-31(18-20-56)21-39(60)53-44(49(6,7)8)47(64)57-24-36(59)22-38(57)46(63)51-27(2)32-9-11-34(12-10-32)43-28(3)50-25-65-43/h9-16,25,27,31,36-38,44,59H,17-24H2,1-8H3,(H,51,63)(H,53,60)(H,61,62)/t27?,36-,37+,38+,44?/m1/s1. The minimum atomic E-state index is -0.961. The first-order chi connectivity index (χ1) is 31.4. The maximum Gasteiger partial charge on any atom is 0.306 e. The number of rotatable bonds is 12. The number of aliphatic imine (C=N–C) groups is 1. The van der Waals surface area contributed by atoms with Gasteiger partial charge in [0.05, 0.1) is 40.4 Å². The summed E-state index contributed by atoms with van der Waals surface area (Å²) in [6.07, 6.45) is 0.881. The summed E-state index contributed by atoms with van der Waals surface area (Å²) < 4.78 is 1.95. The molecule has 0 spiro atoms. The number of carboxylic acid groups (broad SMARTS) is 1. The molecule has 15 nitrogen and oxygen atoms in total. The van der Waals surface area contributed by atoms with Crippen LogP contribution in [0.4, 0.5) is 5.69 Å². The number of aliphatic hydroxyl groups excluding tert-OH is 1. The molecule has 5 atom stereocenters. The van der Waals surface area contributed by atoms with Crippen LogP contribution in [0.3, 0.4) is 0 Å². The Hall–Kier alpha value is -5.78. The number of amides is 3. The monoisotopic (exact) mass is 933 g/mol. The van der Waals surface area contributed by atoms with E-state index in [1.165, 1.54) is 4.90 Å². The normalized spacial score (nSPS) is 19.7. The van der Waals surface area contributed by atoms with E-state index in [-0.39, 0.29) is 55.5 Å². The van der Waals surface area contributed by atoms with Crippen LogP contribution in [0, 0.1) is 39.0 Å². The largest absolute Gasteiger partial charge is 0.481 e. The zero-order chi connectivity index (χ0) is 47.2. The van der Waals surface area contributed by atoms with Gasteiger partial charge in [-0.2, -0.15) is 0 Å². The Bertz CT molecular complexity index is 2650. The molecule has 0 saturated carbocycles. The fraction of sp³-hybridized carbons (Fsp3) is 0.469. The number of β-amino-alcohol motifs (C(OH)–C–C–N with tert-alkyl or cyclic N) is 1. The zero-order valence-electron chi connectivity index (χ0n) is 38.8. The van der Waals surface area contributed by atoms with Crippen LogP contribution in [-0.2, 0) is 19.2 Å². The first-order valence-electron chi connectivity index (χ1n) is 22.6. The number of aryl methyl sites for hydroxylation is 3. The van der Waals surface area contributed by atoms with Gasteiger partial charge in [0.1, 0.15) is 29.0 Å². The molecule has 3 aliphatic heterocycles. The Labute approximate surface area is 393 Å². The van der Waals surface area contributed by atoms with E-state index in [1.54, 1.807) is 22.7 Å². The lowest BCUT2D eigenvalue weighted by molar-refractivity contribution is -0.144. The number of aliphatic carboxylic acids is 1. The number of piperidine rings is 1. The van der Waals surface area contributed by atoms with Crippen LogP contribution in [-0.4, -0.2) is 102 Å². The SMILES string of the molecule is Cc1ncsc1-c1ccc(C(C)NC(=O)[C@@H]2C[C@@H](O)CN2C(=O)C(NC(=O)CC2CCN(c3ccc(C4=N[C@@H](CC(=O)O)c5nnc(C)n5-c5sc(C)c(C)c54)cc3)CC2)C(C)(C)C)cc1. The summed E-state index contributed by atoms with van der Waals surface area (Å²) in [5, 5.41) is 36.3. The number of thiazole rings is 1. The molecule has 3 amide bonds. The van der Waals surface area contributed by atoms with Gasteiger partial charge in [-0.25, -0.2) is 4.98 Å². The number of hydrogen-bond donors (Lipinski definition) is 4. The number of thiophene rings is 1. The van der Waals surface area contributed by atoms with Crippen molar-refractivity contribution in [3.05, 3.63) is 98.5 Å². The smallest absolute Gasteiger partial charge is 0.306 e. The molecule has 5 aromatic rings. The van der Waals surface area contributed by atoms with Gasteiger partial charge in [-0.15, -0.1) is 32.9 Å². The number of benzene rings is 2. The van der Waals surface area contributed by atoms with Crippen molar-refractivity contribution in [3.63, 3.8) is 0 Å². The number of nitrogens with one attached hydrogen (secondary N) is 2. The second-order valence-electron chi connectivity index (χ2n) is 19.1. The third kappa shape index (κ3) is 9.56. The van der Waals surface area contributed by atoms with Crippen LogP contribution in [0.25, 0.3) is 15.4 Å². The number of hydrogen-bond acceptors (Lipinski definition) is 12. The molecule has 0 aliphatic carbocycles. The number of aliphatic hydroxyl groups is 1. The maximum atomic E-state index is 14.3. The van der Waals surface area contributed by atoms with Gasteiger partial charge in [0.2, 0.25) is 17.7 Å². The van der Waals surface area contributed by atoms with Gasteiger partial charge in [-0.3, -0.25) is 28.7 Å². The molecule has 6 heterocycles. The summed E-state index contributed by atoms with van der Waals surface area (Å²) in [4.78, 5) is 69.2. The molecule has 17 heteroatoms. The summed E-state index contributed by atoms with van der Waals surface area (Å²) in [7, 11) is 0. The number of likely N-dealkylation sites (tertiary alicyclic amines) is 1. The molecule has 3 aromatic heterocycles. The fourth-order valence-corrected chi connectivity index (χ4v) is 11.4. The quantitative estimate of drug-likeness (QED) is 0.101. The number of aromatic nitrogens is 4. The summed E-state index contributed by atoms with van der Waals surface area (Å²) in [6, 6.07) is 13.4. The van der Waals surface area contributed by atoms with E-state index in [0.29, 0.717) is 11.6 Å². The molecular formula is C49H59N9O6S2. The Morgan fingerprint density at radius 3 is 2.23 bits per heavy atom. The van der Waals surface area contributed by atoms with Crippen molar-refractivity contribution in [2.45, 2.75) is 118 Å². The van der Waals surface area contributed by atoms with Gasteiger partial charge >= 0.3 is 5.97 Å². The molecule has 2 unspecified atom stereocenters. The van der Waals surface area contributed by atoms with E-state index in [2.05, 4.69) is 56.7 Å². The number of carbonyl (C=O) groups excluding carboxylic acids is 3. The van der Waals surface area contributed by atoms with Crippen molar-refractivity contribution in [1.29, 1.82) is 0 Å². The van der Waals surface area contributed by atoms with E-state index in [0.717, 1.165) is 85.6 Å². The van der Waals surface area contributed by atoms with Crippen molar-refractivity contribution in [1.82, 2.24) is 35.3 Å². The third-order valence-corrected chi connectivity index (χ3v) is 15.4. The van der Waals surface area contributed by atoms with E-state index in [9.17, 15) is 29.4 Å². The van der Waals surface area contributed by atoms with Crippen LogP contribution in [0.2, 0.25) is 0 Å². The van der Waals surface area contributed by atoms with E-state index < -0.39 is 35.6 Å². The van der Waals surface area contributed by atoms with Gasteiger partial charge in [-0.05, 0) is 87.6 Å². The first kappa shape index (κ1) is 46.7. The maximum absolute atomic E-state index is 14.3. The fourth-order valence-electron chi connectivity index (χ4n) is 9.41. The number of carboxylic acids is 1. The number of fused-ring (bicyclic) bond motifs is 3. The summed E-state index contributed by atoms with van der Waals surface area (Å²) in [5.41, 5.74) is 8.81. The first-order valence-corrected chi connectivity index (χ1v) is 24.3. The molecule has 2 fully saturated rings. The molecule has 2 aromatic carbocycles. The second kappa shape index (κ2) is 18.8. The van der Waals surface area contributed by atoms with Crippen molar-refractivity contribution in [2.24, 2.45) is 16.3 Å². The predicted molar refractivity (Wildman–Crippen MR) is 256 cm³/mol. The molecular weight excluding hydrogens is 875 g/mol. The Kier molecular flexibility index (Phi) is 13.3. The average molecular weight is 934 g/mol. The molecule has 2 saturated heterocycles. The van der Waals surface area contributed by atoms with Gasteiger partial charge < -0.3 is 30.6 Å². The number of anilines is 1. The number of carbonyl (C=O) groups is 4. The number of nitrogens with zero attached hydrogens (tertiary/aromatic N) is 7. The van der Waals surface area contributed by atoms with Gasteiger partial charge in [0.25, 0.3) is 0 Å². The Balaban J connectivity index is 0.884. The second-order valence-corrected chi connectivity index (χ2v) is 21.1. The van der Waals surface area contributed by atoms with Crippen LogP contribution in [0.5, 0.6) is 0 Å². The highest BCUT2D eigenvalue weighted by Gasteiger charge is 2.45. The lowest BCUT2D eigenvalue weighted by Crippen LogP contribution is -2.58. The summed E-state index contributed by atoms with van der Waals surface area (Å²) >= 11 is 3.21. The lowest BCUT2D eigenvalue weighted by Gasteiger charge is -2.36. The van der Waals surface area contributed by atoms with Crippen LogP contribution in [0.1, 0.15) is 116 Å². The average Bonchev–Trinajstić information content (AvgIpc) is 4.04. The summed E-state index contributed by atoms with van der Waals surface area (Å²) in [6.45, 7) is 17.1. The van der Waals surface area contributed by atoms with E-state index in [1.807, 2.05) is 88.0 Å². The molecule has 0 radical (unpaired) electrons. The lowest BCUT2D eigenvalue weighted by atomic mass is 9.85. The minimum absolute atomic E-state index is 0.00708. The highest BCUT2D eigenvalue weighted by molar-refractivity contribution is 7.15. The highest BCUT2D eigenvalue weighted by Crippen LogP contribution is 2.40. The minimum Gasteiger partial charge on any atom is -0.481 e. The van der Waals surface area contributed by atoms with Crippen LogP contribution in [0.15, 0.2) is 59.0 Å². The van der Waals surface area contributed by atoms with Gasteiger partial charge in [-0.1, -0.05) is 57.2 Å². The van der Waals surface area contributed by atoms with Gasteiger partial charge in [0, 0.05) is 54.2 Å². The van der Waals surface area contributed by atoms with E-state index in [4.69, 9.17) is 4.99 Å². The van der Waals surface area contributed by atoms with Gasteiger partial charge in [0.15, 0.2) is 5.82 Å². The van der Waals surface area contributed by atoms with Crippen molar-refractivity contribution in [3.8, 4) is 15.4 Å². The zero-order valence-corrected chi connectivity index (χ0v) is 40.4. The molecule has 0 bridgehead atoms. The topological polar surface area (TPSA) is 195 Å². The van der Waals surface area contributed by atoms with E-state index >= 15 is 0 Å². The van der Waals surface area contributed by atoms with Crippen molar-refractivity contribution >= 4 is 57.8 Å². The van der Waals surface area contributed by atoms with Crippen molar-refractivity contribution in [2.75, 3.05) is 24.5 Å². The predicted octanol–water partition coefficient (Wildman–Crippen LogP) is 7.03. The molecule has 8 rings (SSSR count). The molecule has 3 aliphatic rings. The Morgan fingerprint density at radius 1 is 0.909 bits per heavy atom. The molecule has 348 valence electrons. The molecule has 4 N–H and O–H groups in total. The van der Waals surface area contributed by atoms with Crippen LogP contribution >= 0.6 is 22.7 Å². The summed E-state index contributed by atoms with van der Waals surface area (Å²) in [5.74, 6) is -0.583.